The number of aromatic nitrogens is 3. The number of hydrogen-bond acceptors (Lipinski definition) is 5. The second-order valence-electron chi connectivity index (χ2n) is 7.45. The topological polar surface area (TPSA) is 54.3 Å². The molecule has 0 aliphatic carbocycles. The van der Waals surface area contributed by atoms with E-state index in [2.05, 4.69) is 47.6 Å². The van der Waals surface area contributed by atoms with Gasteiger partial charge in [0.1, 0.15) is 15.5 Å². The van der Waals surface area contributed by atoms with Crippen LogP contribution in [0.5, 0.6) is 0 Å². The van der Waals surface area contributed by atoms with Gasteiger partial charge < -0.3 is 14.4 Å². The molecule has 6 nitrogen and oxygen atoms in total. The van der Waals surface area contributed by atoms with E-state index in [1.165, 1.54) is 11.3 Å². The minimum atomic E-state index is 0.107. The van der Waals surface area contributed by atoms with Gasteiger partial charge in [-0.2, -0.15) is 0 Å². The van der Waals surface area contributed by atoms with Crippen LogP contribution in [0.25, 0.3) is 21.6 Å². The molecule has 4 heterocycles. The number of carbonyl (C=O) groups is 1. The zero-order chi connectivity index (χ0) is 19.1. The minimum absolute atomic E-state index is 0.107. The number of nitrogens with zero attached hydrogens (tertiary/aromatic N) is 5. The molecule has 0 bridgehead atoms. The van der Waals surface area contributed by atoms with Gasteiger partial charge in [-0.1, -0.05) is 0 Å². The predicted molar refractivity (Wildman–Crippen MR) is 109 cm³/mol. The van der Waals surface area contributed by atoms with Crippen LogP contribution >= 0.6 is 11.3 Å². The number of pyridine rings is 1. The maximum Gasteiger partial charge on any atom is 0.265 e. The molecule has 7 heteroatoms. The van der Waals surface area contributed by atoms with Crippen LogP contribution in [0.1, 0.15) is 35.3 Å². The summed E-state index contributed by atoms with van der Waals surface area (Å²) in [6.45, 7) is 9.62. The number of fused-ring (bicyclic) bond motifs is 1. The van der Waals surface area contributed by atoms with Gasteiger partial charge >= 0.3 is 0 Å². The van der Waals surface area contributed by atoms with Gasteiger partial charge in [-0.05, 0) is 40.0 Å². The van der Waals surface area contributed by atoms with E-state index in [4.69, 9.17) is 4.98 Å². The number of rotatable bonds is 3. The number of thiazole rings is 1. The average Bonchev–Trinajstić information content (AvgIpc) is 3.22. The van der Waals surface area contributed by atoms with Gasteiger partial charge in [-0.15, -0.1) is 11.3 Å². The summed E-state index contributed by atoms with van der Waals surface area (Å²) in [4.78, 5) is 27.3. The molecule has 0 atom stereocenters. The number of carbonyl (C=O) groups excluding carboxylic acids is 1. The van der Waals surface area contributed by atoms with Crippen LogP contribution in [0.15, 0.2) is 24.5 Å². The molecular formula is C20H25N5OS. The van der Waals surface area contributed by atoms with Crippen molar-refractivity contribution in [2.75, 3.05) is 33.2 Å². The van der Waals surface area contributed by atoms with Crippen molar-refractivity contribution in [3.8, 4) is 10.6 Å². The molecule has 3 aromatic rings. The molecule has 1 amide bonds. The maximum atomic E-state index is 13.0. The van der Waals surface area contributed by atoms with Crippen molar-refractivity contribution < 1.29 is 4.79 Å². The van der Waals surface area contributed by atoms with E-state index in [-0.39, 0.29) is 5.91 Å². The van der Waals surface area contributed by atoms with E-state index in [9.17, 15) is 4.79 Å². The molecule has 3 aromatic heterocycles. The smallest absolute Gasteiger partial charge is 0.265 e. The monoisotopic (exact) mass is 383 g/mol. The minimum Gasteiger partial charge on any atom is -0.335 e. The second-order valence-corrected chi connectivity index (χ2v) is 8.45. The van der Waals surface area contributed by atoms with Gasteiger partial charge in [0.05, 0.1) is 5.69 Å². The predicted octanol–water partition coefficient (Wildman–Crippen LogP) is 3.44. The van der Waals surface area contributed by atoms with Crippen LogP contribution in [0.4, 0.5) is 0 Å². The summed E-state index contributed by atoms with van der Waals surface area (Å²) in [5.41, 5.74) is 2.83. The maximum absolute atomic E-state index is 13.0. The summed E-state index contributed by atoms with van der Waals surface area (Å²) in [7, 11) is 2.09. The lowest BCUT2D eigenvalue weighted by Gasteiger charge is -2.32. The molecule has 1 saturated heterocycles. The standard InChI is InChI=1S/C20H25N5OS/c1-13(2)25-12-16(15-6-5-7-21-18(15)25)19-22-14(3)17(27-19)20(26)24-10-8-23(4)9-11-24/h5-7,12-13H,8-11H2,1-4H3. The molecule has 1 aliphatic heterocycles. The third kappa shape index (κ3) is 3.26. The summed E-state index contributed by atoms with van der Waals surface area (Å²) in [5, 5.41) is 1.97. The first-order valence-electron chi connectivity index (χ1n) is 9.37. The fourth-order valence-electron chi connectivity index (χ4n) is 3.51. The quantitative estimate of drug-likeness (QED) is 0.695. The summed E-state index contributed by atoms with van der Waals surface area (Å²) >= 11 is 1.50. The van der Waals surface area contributed by atoms with Crippen molar-refractivity contribution in [3.63, 3.8) is 0 Å². The third-order valence-electron chi connectivity index (χ3n) is 5.16. The Bertz CT molecular complexity index is 982. The van der Waals surface area contributed by atoms with E-state index in [1.807, 2.05) is 24.1 Å². The highest BCUT2D eigenvalue weighted by Crippen LogP contribution is 2.35. The first kappa shape index (κ1) is 18.1. The highest BCUT2D eigenvalue weighted by atomic mass is 32.1. The van der Waals surface area contributed by atoms with Crippen LogP contribution < -0.4 is 0 Å². The van der Waals surface area contributed by atoms with Crippen LogP contribution in [-0.2, 0) is 0 Å². The molecule has 0 unspecified atom stereocenters. The normalized spacial score (nSPS) is 15.8. The Morgan fingerprint density at radius 3 is 2.67 bits per heavy atom. The molecule has 0 N–H and O–H groups in total. The summed E-state index contributed by atoms with van der Waals surface area (Å²) in [6.07, 6.45) is 3.94. The highest BCUT2D eigenvalue weighted by molar-refractivity contribution is 7.17. The molecule has 4 rings (SSSR count). The van der Waals surface area contributed by atoms with Gasteiger partial charge in [0.2, 0.25) is 0 Å². The number of hydrogen-bond donors (Lipinski definition) is 0. The van der Waals surface area contributed by atoms with E-state index in [1.54, 1.807) is 0 Å². The first-order valence-corrected chi connectivity index (χ1v) is 10.2. The summed E-state index contributed by atoms with van der Waals surface area (Å²) < 4.78 is 2.17. The number of aryl methyl sites for hydroxylation is 1. The van der Waals surface area contributed by atoms with Gasteiger partial charge in [0, 0.05) is 55.6 Å². The Morgan fingerprint density at radius 2 is 1.96 bits per heavy atom. The highest BCUT2D eigenvalue weighted by Gasteiger charge is 2.25. The Hall–Kier alpha value is -2.25. The molecule has 0 radical (unpaired) electrons. The van der Waals surface area contributed by atoms with Crippen LogP contribution in [0.3, 0.4) is 0 Å². The SMILES string of the molecule is Cc1nc(-c2cn(C(C)C)c3ncccc23)sc1C(=O)N1CCN(C)CC1. The Kier molecular flexibility index (Phi) is 4.74. The van der Waals surface area contributed by atoms with Crippen molar-refractivity contribution in [1.29, 1.82) is 0 Å². The largest absolute Gasteiger partial charge is 0.335 e. The fraction of sp³-hybridized carbons (Fsp3) is 0.450. The van der Waals surface area contributed by atoms with Gasteiger partial charge in [-0.3, -0.25) is 4.79 Å². The fourth-order valence-corrected chi connectivity index (χ4v) is 4.57. The molecule has 1 aliphatic rings. The van der Waals surface area contributed by atoms with Gasteiger partial charge in [0.15, 0.2) is 0 Å². The molecule has 1 fully saturated rings. The lowest BCUT2D eigenvalue weighted by atomic mass is 10.2. The number of piperazine rings is 1. The van der Waals surface area contributed by atoms with Crippen molar-refractivity contribution >= 4 is 28.3 Å². The van der Waals surface area contributed by atoms with Gasteiger partial charge in [0.25, 0.3) is 5.91 Å². The lowest BCUT2D eigenvalue weighted by molar-refractivity contribution is 0.0668. The Balaban J connectivity index is 1.72. The number of amides is 1. The Labute approximate surface area is 163 Å². The average molecular weight is 384 g/mol. The third-order valence-corrected chi connectivity index (χ3v) is 6.34. The summed E-state index contributed by atoms with van der Waals surface area (Å²) in [6, 6.07) is 4.34. The van der Waals surface area contributed by atoms with Crippen LogP contribution in [0.2, 0.25) is 0 Å². The zero-order valence-electron chi connectivity index (χ0n) is 16.3. The van der Waals surface area contributed by atoms with Crippen molar-refractivity contribution in [3.05, 3.63) is 35.1 Å². The van der Waals surface area contributed by atoms with Crippen molar-refractivity contribution in [2.24, 2.45) is 0 Å². The lowest BCUT2D eigenvalue weighted by Crippen LogP contribution is -2.47. The molecule has 27 heavy (non-hydrogen) atoms. The van der Waals surface area contributed by atoms with E-state index in [0.717, 1.165) is 58.4 Å². The van der Waals surface area contributed by atoms with Crippen LogP contribution in [0, 0.1) is 6.92 Å². The van der Waals surface area contributed by atoms with E-state index >= 15 is 0 Å². The second kappa shape index (κ2) is 7.05. The van der Waals surface area contributed by atoms with Crippen molar-refractivity contribution in [1.82, 2.24) is 24.3 Å². The number of likely N-dealkylation sites (N-methyl/N-ethyl adjacent to an activating group) is 1. The van der Waals surface area contributed by atoms with Crippen LogP contribution in [-0.4, -0.2) is 63.5 Å². The molecule has 142 valence electrons. The molecule has 0 aromatic carbocycles. The van der Waals surface area contributed by atoms with Crippen molar-refractivity contribution in [2.45, 2.75) is 26.8 Å². The molecule has 0 saturated carbocycles. The van der Waals surface area contributed by atoms with E-state index in [0.29, 0.717) is 6.04 Å². The molecule has 0 spiro atoms. The Morgan fingerprint density at radius 1 is 1.22 bits per heavy atom. The van der Waals surface area contributed by atoms with Gasteiger partial charge in [-0.25, -0.2) is 9.97 Å². The zero-order valence-corrected chi connectivity index (χ0v) is 17.1. The first-order chi connectivity index (χ1) is 13.0. The summed E-state index contributed by atoms with van der Waals surface area (Å²) in [5.74, 6) is 0.107. The van der Waals surface area contributed by atoms with E-state index < -0.39 is 0 Å². The molecular weight excluding hydrogens is 358 g/mol.